The summed E-state index contributed by atoms with van der Waals surface area (Å²) in [6.45, 7) is 2.73. The molecule has 0 spiro atoms. The lowest BCUT2D eigenvalue weighted by Gasteiger charge is -2.20. The normalized spacial score (nSPS) is 14.4. The highest BCUT2D eigenvalue weighted by atomic mass is 19.4. The first-order valence-corrected chi connectivity index (χ1v) is 13.1. The number of aromatic nitrogens is 1. The molecule has 5 rings (SSSR count). The van der Waals surface area contributed by atoms with Crippen LogP contribution in [0.1, 0.15) is 33.7 Å². The SMILES string of the molecule is Nc1ccc(C=CC(=O)NCc2cc3cc(-c4ccc(C(=O)N5CCCNCC5)cc4)cc(C(F)(F)F)c3o2)cn1. The van der Waals surface area contributed by atoms with Gasteiger partial charge in [0.25, 0.3) is 5.91 Å². The van der Waals surface area contributed by atoms with Gasteiger partial charge in [0.05, 0.1) is 12.1 Å². The second-order valence-electron chi connectivity index (χ2n) is 9.69. The maximum atomic E-state index is 14.0. The fourth-order valence-corrected chi connectivity index (χ4v) is 4.63. The van der Waals surface area contributed by atoms with E-state index in [0.717, 1.165) is 25.6 Å². The molecule has 4 aromatic rings. The number of benzene rings is 2. The lowest BCUT2D eigenvalue weighted by molar-refractivity contribution is -0.136. The van der Waals surface area contributed by atoms with Crippen LogP contribution in [0.2, 0.25) is 0 Å². The largest absolute Gasteiger partial charge is 0.459 e. The van der Waals surface area contributed by atoms with Crippen molar-refractivity contribution < 1.29 is 27.2 Å². The van der Waals surface area contributed by atoms with E-state index < -0.39 is 17.6 Å². The quantitative estimate of drug-likeness (QED) is 0.289. The molecule has 0 saturated carbocycles. The van der Waals surface area contributed by atoms with Crippen molar-refractivity contribution in [3.63, 3.8) is 0 Å². The van der Waals surface area contributed by atoms with E-state index in [9.17, 15) is 22.8 Å². The summed E-state index contributed by atoms with van der Waals surface area (Å²) in [5, 5.41) is 6.11. The molecule has 0 bridgehead atoms. The Hall–Kier alpha value is -4.64. The lowest BCUT2D eigenvalue weighted by atomic mass is 9.99. The maximum Gasteiger partial charge on any atom is 0.420 e. The molecule has 212 valence electrons. The molecule has 4 N–H and O–H groups in total. The van der Waals surface area contributed by atoms with Crippen molar-refractivity contribution in [1.29, 1.82) is 0 Å². The highest BCUT2D eigenvalue weighted by Crippen LogP contribution is 2.39. The van der Waals surface area contributed by atoms with Gasteiger partial charge in [-0.05, 0) is 78.2 Å². The molecule has 2 amide bonds. The van der Waals surface area contributed by atoms with Gasteiger partial charge >= 0.3 is 6.18 Å². The Balaban J connectivity index is 1.34. The third-order valence-electron chi connectivity index (χ3n) is 6.74. The maximum absolute atomic E-state index is 14.0. The summed E-state index contributed by atoms with van der Waals surface area (Å²) >= 11 is 0. The summed E-state index contributed by atoms with van der Waals surface area (Å²) < 4.78 is 47.6. The van der Waals surface area contributed by atoms with Crippen LogP contribution in [0.25, 0.3) is 28.2 Å². The zero-order valence-electron chi connectivity index (χ0n) is 22.0. The minimum absolute atomic E-state index is 0.104. The van der Waals surface area contributed by atoms with Crippen LogP contribution in [-0.2, 0) is 17.5 Å². The molecule has 0 unspecified atom stereocenters. The Morgan fingerprint density at radius 1 is 1.05 bits per heavy atom. The van der Waals surface area contributed by atoms with E-state index in [1.54, 1.807) is 53.4 Å². The van der Waals surface area contributed by atoms with Crippen molar-refractivity contribution in [1.82, 2.24) is 20.5 Å². The molecule has 2 aromatic carbocycles. The molecule has 8 nitrogen and oxygen atoms in total. The molecule has 1 aliphatic rings. The number of nitrogens with two attached hydrogens (primary N) is 1. The summed E-state index contributed by atoms with van der Waals surface area (Å²) in [6.07, 6.45) is 0.525. The van der Waals surface area contributed by atoms with Crippen molar-refractivity contribution in [3.05, 3.63) is 89.3 Å². The number of halogens is 3. The summed E-state index contributed by atoms with van der Waals surface area (Å²) in [5.74, 6) is -0.0316. The number of hydrogen-bond donors (Lipinski definition) is 3. The first-order chi connectivity index (χ1) is 19.7. The second-order valence-corrected chi connectivity index (χ2v) is 9.69. The molecule has 11 heteroatoms. The first kappa shape index (κ1) is 27.9. The van der Waals surface area contributed by atoms with Gasteiger partial charge in [0.15, 0.2) is 0 Å². The van der Waals surface area contributed by atoms with Gasteiger partial charge in [0, 0.05) is 42.9 Å². The molecule has 1 saturated heterocycles. The highest BCUT2D eigenvalue weighted by Gasteiger charge is 2.35. The van der Waals surface area contributed by atoms with Crippen LogP contribution in [0.5, 0.6) is 0 Å². The molecule has 0 aliphatic carbocycles. The van der Waals surface area contributed by atoms with Gasteiger partial charge in [-0.2, -0.15) is 13.2 Å². The molecule has 2 aromatic heterocycles. The fraction of sp³-hybridized carbons (Fsp3) is 0.233. The van der Waals surface area contributed by atoms with E-state index in [2.05, 4.69) is 15.6 Å². The van der Waals surface area contributed by atoms with Crippen molar-refractivity contribution in [2.24, 2.45) is 0 Å². The number of nitrogens with zero attached hydrogens (tertiary/aromatic N) is 2. The van der Waals surface area contributed by atoms with Gasteiger partial charge in [0.1, 0.15) is 17.2 Å². The van der Waals surface area contributed by atoms with Gasteiger partial charge in [0.2, 0.25) is 5.91 Å². The number of amides is 2. The minimum atomic E-state index is -4.67. The molecule has 3 heterocycles. The minimum Gasteiger partial charge on any atom is -0.459 e. The number of nitrogen functional groups attached to an aromatic ring is 1. The Kier molecular flexibility index (Phi) is 8.06. The monoisotopic (exact) mass is 563 g/mol. The third-order valence-corrected chi connectivity index (χ3v) is 6.74. The van der Waals surface area contributed by atoms with Crippen molar-refractivity contribution in [3.8, 4) is 11.1 Å². The number of pyridine rings is 1. The number of nitrogens with one attached hydrogen (secondary N) is 2. The van der Waals surface area contributed by atoms with Crippen LogP contribution in [0.15, 0.2) is 71.3 Å². The molecule has 0 radical (unpaired) electrons. The van der Waals surface area contributed by atoms with E-state index in [4.69, 9.17) is 10.2 Å². The predicted molar refractivity (Wildman–Crippen MR) is 150 cm³/mol. The zero-order valence-corrected chi connectivity index (χ0v) is 22.0. The Labute approximate surface area is 234 Å². The number of furan rings is 1. The van der Waals surface area contributed by atoms with Crippen molar-refractivity contribution in [2.45, 2.75) is 19.1 Å². The van der Waals surface area contributed by atoms with E-state index in [1.165, 1.54) is 18.3 Å². The van der Waals surface area contributed by atoms with E-state index in [0.29, 0.717) is 41.2 Å². The standard InChI is InChI=1S/C30H28F3N5O3/c31-30(32,33)25-16-22(20-4-6-21(7-5-20)29(40)38-12-1-10-35-11-13-38)14-23-15-24(41-28(23)25)18-37-27(39)9-3-19-2-8-26(34)36-17-19/h2-9,14-17,35H,1,10-13,18H2,(H2,34,36)(H,37,39). The average molecular weight is 564 g/mol. The number of rotatable bonds is 6. The summed E-state index contributed by atoms with van der Waals surface area (Å²) in [6, 6.07) is 14.0. The molecular weight excluding hydrogens is 535 g/mol. The van der Waals surface area contributed by atoms with E-state index >= 15 is 0 Å². The fourth-order valence-electron chi connectivity index (χ4n) is 4.63. The zero-order chi connectivity index (χ0) is 29.0. The number of carbonyl (C=O) groups excluding carboxylic acids is 2. The lowest BCUT2D eigenvalue weighted by Crippen LogP contribution is -2.34. The molecule has 1 aliphatic heterocycles. The number of carbonyl (C=O) groups is 2. The number of anilines is 1. The van der Waals surface area contributed by atoms with Crippen LogP contribution in [-0.4, -0.2) is 47.9 Å². The van der Waals surface area contributed by atoms with Crippen LogP contribution in [0, 0.1) is 0 Å². The average Bonchev–Trinajstić information content (AvgIpc) is 3.18. The van der Waals surface area contributed by atoms with Crippen LogP contribution >= 0.6 is 0 Å². The van der Waals surface area contributed by atoms with Crippen molar-refractivity contribution >= 4 is 34.7 Å². The van der Waals surface area contributed by atoms with E-state index in [-0.39, 0.29) is 29.2 Å². The van der Waals surface area contributed by atoms with Crippen LogP contribution in [0.4, 0.5) is 19.0 Å². The summed E-state index contributed by atoms with van der Waals surface area (Å²) in [5.41, 5.74) is 6.32. The topological polar surface area (TPSA) is 113 Å². The number of fused-ring (bicyclic) bond motifs is 1. The second kappa shape index (κ2) is 11.8. The third kappa shape index (κ3) is 6.75. The van der Waals surface area contributed by atoms with Gasteiger partial charge in [-0.15, -0.1) is 0 Å². The number of hydrogen-bond acceptors (Lipinski definition) is 6. The number of alkyl halides is 3. The van der Waals surface area contributed by atoms with E-state index in [1.807, 2.05) is 0 Å². The Morgan fingerprint density at radius 2 is 1.85 bits per heavy atom. The molecular formula is C30H28F3N5O3. The predicted octanol–water partition coefficient (Wildman–Crippen LogP) is 4.86. The van der Waals surface area contributed by atoms with Gasteiger partial charge in [-0.3, -0.25) is 9.59 Å². The summed E-state index contributed by atoms with van der Waals surface area (Å²) in [4.78, 5) is 30.8. The molecule has 1 fully saturated rings. The summed E-state index contributed by atoms with van der Waals surface area (Å²) in [7, 11) is 0. The molecule has 41 heavy (non-hydrogen) atoms. The molecule has 0 atom stereocenters. The van der Waals surface area contributed by atoms with Gasteiger partial charge in [-0.25, -0.2) is 4.98 Å². The van der Waals surface area contributed by atoms with Gasteiger partial charge < -0.3 is 25.7 Å². The van der Waals surface area contributed by atoms with Crippen molar-refractivity contribution in [2.75, 3.05) is 31.9 Å². The van der Waals surface area contributed by atoms with Gasteiger partial charge in [-0.1, -0.05) is 12.1 Å². The first-order valence-electron chi connectivity index (χ1n) is 13.1. The van der Waals surface area contributed by atoms with Crippen LogP contribution < -0.4 is 16.4 Å². The Bertz CT molecular complexity index is 1570. The van der Waals surface area contributed by atoms with Crippen LogP contribution in [0.3, 0.4) is 0 Å². The Morgan fingerprint density at radius 3 is 2.59 bits per heavy atom. The highest BCUT2D eigenvalue weighted by molar-refractivity contribution is 5.95. The smallest absolute Gasteiger partial charge is 0.420 e.